The van der Waals surface area contributed by atoms with Crippen molar-refractivity contribution in [2.45, 2.75) is 0 Å². The van der Waals surface area contributed by atoms with Gasteiger partial charge in [-0.05, 0) is 0 Å². The summed E-state index contributed by atoms with van der Waals surface area (Å²) in [6.45, 7) is 0. The fourth-order valence-electron chi connectivity index (χ4n) is 0. The molecule has 0 bridgehead atoms. The van der Waals surface area contributed by atoms with Gasteiger partial charge in [-0.1, -0.05) is 0 Å². The number of hydrogen-bond donors (Lipinski definition) is 1. The summed E-state index contributed by atoms with van der Waals surface area (Å²) in [4.78, 5) is 24.3. The Morgan fingerprint density at radius 2 is 1.50 bits per heavy atom. The summed E-state index contributed by atoms with van der Waals surface area (Å²) in [6.07, 6.45) is 0. The van der Waals surface area contributed by atoms with Crippen LogP contribution in [0.4, 0.5) is 0 Å². The fraction of sp³-hybridized carbons (Fsp3) is 0. The average Bonchev–Trinajstić information content (AvgIpc) is 0.722. The van der Waals surface area contributed by atoms with Crippen molar-refractivity contribution in [1.82, 2.24) is 0 Å². The second kappa shape index (κ2) is 2.76. The van der Waals surface area contributed by atoms with Crippen LogP contribution in [0.5, 0.6) is 0 Å². The van der Waals surface area contributed by atoms with Crippen LogP contribution in [0.25, 0.3) is 0 Å². The molecule has 0 spiro atoms. The van der Waals surface area contributed by atoms with Crippen LogP contribution in [-0.4, -0.2) is 22.3 Å². The van der Waals surface area contributed by atoms with E-state index in [1.807, 2.05) is 0 Å². The molecule has 0 unspecified atom stereocenters. The maximum absolute atomic E-state index is 8.66. The molecule has 1 N–H and O–H groups in total. The molecule has 0 aromatic carbocycles. The van der Waals surface area contributed by atoms with Gasteiger partial charge in [0.1, 0.15) is 0 Å². The molecule has 0 aromatic heterocycles. The molecule has 0 atom stereocenters. The van der Waals surface area contributed by atoms with Crippen LogP contribution in [-0.2, 0) is 4.57 Å². The Balaban J connectivity index is 0. The topological polar surface area (TPSA) is 83.4 Å². The van der Waals surface area contributed by atoms with Crippen molar-refractivity contribution in [3.8, 4) is 0 Å². The molecule has 0 amide bonds. The van der Waals surface area contributed by atoms with E-state index in [-0.39, 0.29) is 17.4 Å². The van der Waals surface area contributed by atoms with Gasteiger partial charge >= 0.3 is 17.4 Å². The van der Waals surface area contributed by atoms with Crippen molar-refractivity contribution in [3.63, 3.8) is 0 Å². The van der Waals surface area contributed by atoms with E-state index in [9.17, 15) is 0 Å². The van der Waals surface area contributed by atoms with E-state index in [1.54, 1.807) is 0 Å². The molecule has 0 saturated carbocycles. The Bertz CT molecular complexity index is 53.7. The predicted octanol–water partition coefficient (Wildman–Crippen LogP) is -2.57. The van der Waals surface area contributed by atoms with Crippen molar-refractivity contribution >= 4 is 25.2 Å². The van der Waals surface area contributed by atoms with Crippen LogP contribution in [0.3, 0.4) is 0 Å². The van der Waals surface area contributed by atoms with Crippen LogP contribution in [0, 0.1) is 0 Å². The maximum atomic E-state index is 8.66. The molecule has 0 heterocycles. The van der Waals surface area contributed by atoms with Gasteiger partial charge in [0.2, 0.25) is 0 Å². The van der Waals surface area contributed by atoms with Crippen molar-refractivity contribution in [1.29, 1.82) is 0 Å². The van der Waals surface area contributed by atoms with E-state index < -0.39 is 7.82 Å². The molecule has 0 saturated heterocycles. The summed E-state index contributed by atoms with van der Waals surface area (Å²) < 4.78 is 8.66. The monoisotopic (exact) mass is 123 g/mol. The van der Waals surface area contributed by atoms with E-state index in [2.05, 4.69) is 0 Å². The molecular formula is HAlO4P+. The van der Waals surface area contributed by atoms with Gasteiger partial charge in [-0.3, -0.25) is 0 Å². The molecule has 0 aliphatic heterocycles. The third kappa shape index (κ3) is 149. The minimum atomic E-state index is -5.14. The van der Waals surface area contributed by atoms with Crippen LogP contribution in [0.1, 0.15) is 0 Å². The first-order chi connectivity index (χ1) is 2.00. The van der Waals surface area contributed by atoms with Crippen LogP contribution in [0.2, 0.25) is 0 Å². The van der Waals surface area contributed by atoms with Gasteiger partial charge in [0.25, 0.3) is 0 Å². The first-order valence-corrected chi connectivity index (χ1v) is 2.24. The molecular weight excluding hydrogens is 122 g/mol. The number of hydrogen-bond acceptors (Lipinski definition) is 3. The summed E-state index contributed by atoms with van der Waals surface area (Å²) in [6, 6.07) is 0. The van der Waals surface area contributed by atoms with Crippen LogP contribution >= 0.6 is 7.82 Å². The number of rotatable bonds is 0. The summed E-state index contributed by atoms with van der Waals surface area (Å²) in [5.41, 5.74) is 0. The Hall–Kier alpha value is 0.642. The Morgan fingerprint density at radius 1 is 1.50 bits per heavy atom. The minimum absolute atomic E-state index is 0. The Morgan fingerprint density at radius 3 is 1.50 bits per heavy atom. The van der Waals surface area contributed by atoms with Crippen LogP contribution < -0.4 is 9.79 Å². The van der Waals surface area contributed by atoms with Gasteiger partial charge in [-0.2, -0.15) is 0 Å². The smallest absolute Gasteiger partial charge is 0.790 e. The normalized spacial score (nSPS) is 9.83. The van der Waals surface area contributed by atoms with E-state index in [0.717, 1.165) is 0 Å². The zero-order valence-electron chi connectivity index (χ0n) is 2.70. The summed E-state index contributed by atoms with van der Waals surface area (Å²) in [5, 5.41) is 0. The predicted molar refractivity (Wildman–Crippen MR) is 15.6 cm³/mol. The van der Waals surface area contributed by atoms with Crippen molar-refractivity contribution in [2.24, 2.45) is 0 Å². The quantitative estimate of drug-likeness (QED) is 0.283. The van der Waals surface area contributed by atoms with E-state index in [0.29, 0.717) is 0 Å². The van der Waals surface area contributed by atoms with Crippen molar-refractivity contribution in [2.75, 3.05) is 0 Å². The fourth-order valence-corrected chi connectivity index (χ4v) is 0. The molecule has 0 aliphatic carbocycles. The largest absolute Gasteiger partial charge is 3.00 e. The molecule has 4 nitrogen and oxygen atoms in total. The zero-order chi connectivity index (χ0) is 4.50. The summed E-state index contributed by atoms with van der Waals surface area (Å²) >= 11 is 0. The molecule has 32 valence electrons. The summed E-state index contributed by atoms with van der Waals surface area (Å²) in [5.74, 6) is 0. The Labute approximate surface area is 45.2 Å². The maximum Gasteiger partial charge on any atom is 3.00 e. The van der Waals surface area contributed by atoms with E-state index in [4.69, 9.17) is 19.2 Å². The minimum Gasteiger partial charge on any atom is -0.790 e. The van der Waals surface area contributed by atoms with Gasteiger partial charge in [-0.15, -0.1) is 0 Å². The SMILES string of the molecule is O=P([O-])([O-])O.[Al+3]. The average molecular weight is 123 g/mol. The van der Waals surface area contributed by atoms with Gasteiger partial charge in [0.15, 0.2) is 0 Å². The summed E-state index contributed by atoms with van der Waals surface area (Å²) in [7, 11) is -5.14. The van der Waals surface area contributed by atoms with Gasteiger partial charge in [-0.25, -0.2) is 0 Å². The second-order valence-corrected chi connectivity index (χ2v) is 1.41. The van der Waals surface area contributed by atoms with Crippen molar-refractivity contribution < 1.29 is 19.2 Å². The Kier molecular flexibility index (Phi) is 4.51. The standard InChI is InChI=1S/Al.H3O4P/c;1-5(2,3)4/h;(H3,1,2,3,4)/q+3;/p-2. The molecule has 0 radical (unpaired) electrons. The molecule has 6 heavy (non-hydrogen) atoms. The van der Waals surface area contributed by atoms with Gasteiger partial charge in [0, 0.05) is 0 Å². The third-order valence-corrected chi connectivity index (χ3v) is 0. The molecule has 6 heteroatoms. The second-order valence-electron chi connectivity index (χ2n) is 0.469. The van der Waals surface area contributed by atoms with E-state index in [1.165, 1.54) is 0 Å². The van der Waals surface area contributed by atoms with Gasteiger partial charge in [0.05, 0.1) is 7.82 Å². The first kappa shape index (κ1) is 9.81. The zero-order valence-corrected chi connectivity index (χ0v) is 4.75. The molecule has 0 aromatic rings. The van der Waals surface area contributed by atoms with Gasteiger partial charge < -0.3 is 19.2 Å². The van der Waals surface area contributed by atoms with Crippen molar-refractivity contribution in [3.05, 3.63) is 0 Å². The molecule has 0 fully saturated rings. The molecule has 0 rings (SSSR count). The third-order valence-electron chi connectivity index (χ3n) is 0. The van der Waals surface area contributed by atoms with Crippen LogP contribution in [0.15, 0.2) is 0 Å². The number of phosphoric acid groups is 1. The van der Waals surface area contributed by atoms with E-state index >= 15 is 0 Å². The first-order valence-electron chi connectivity index (χ1n) is 0.748. The molecule has 0 aliphatic rings.